The number of nitro groups is 1. The standard InChI is InChI=1S/C17H25N3O6S/c1-12-6-5-7-14(20(22)23)15(12)27(24,25)18-13-8-10-19(11-9-13)16(21)26-17(2,3)4/h5-7,13,18H,8-11H2,1-4H3. The molecule has 1 aliphatic heterocycles. The number of carbonyl (C=O) groups is 1. The molecule has 9 nitrogen and oxygen atoms in total. The van der Waals surface area contributed by atoms with Gasteiger partial charge in [0.05, 0.1) is 4.92 Å². The highest BCUT2D eigenvalue weighted by Gasteiger charge is 2.32. The van der Waals surface area contributed by atoms with E-state index >= 15 is 0 Å². The molecule has 150 valence electrons. The zero-order chi connectivity index (χ0) is 20.4. The SMILES string of the molecule is Cc1cccc([N+](=O)[O-])c1S(=O)(=O)NC1CCN(C(=O)OC(C)(C)C)CC1. The van der Waals surface area contributed by atoms with E-state index in [4.69, 9.17) is 4.74 Å². The summed E-state index contributed by atoms with van der Waals surface area (Å²) in [4.78, 5) is 23.8. The van der Waals surface area contributed by atoms with E-state index in [1.165, 1.54) is 30.0 Å². The number of nitro benzene ring substituents is 1. The highest BCUT2D eigenvalue weighted by molar-refractivity contribution is 7.89. The molecule has 1 saturated heterocycles. The highest BCUT2D eigenvalue weighted by atomic mass is 32.2. The molecule has 1 aliphatic rings. The number of hydrogen-bond donors (Lipinski definition) is 1. The van der Waals surface area contributed by atoms with Crippen molar-refractivity contribution in [1.82, 2.24) is 9.62 Å². The van der Waals surface area contributed by atoms with Crippen LogP contribution in [-0.4, -0.2) is 49.1 Å². The molecular weight excluding hydrogens is 374 g/mol. The van der Waals surface area contributed by atoms with Crippen molar-refractivity contribution in [2.24, 2.45) is 0 Å². The van der Waals surface area contributed by atoms with E-state index in [1.807, 2.05) is 0 Å². The predicted molar refractivity (Wildman–Crippen MR) is 99.0 cm³/mol. The molecule has 0 spiro atoms. The number of likely N-dealkylation sites (tertiary alicyclic amines) is 1. The van der Waals surface area contributed by atoms with Crippen LogP contribution in [0.5, 0.6) is 0 Å². The molecule has 1 amide bonds. The largest absolute Gasteiger partial charge is 0.444 e. The fraction of sp³-hybridized carbons (Fsp3) is 0.588. The van der Waals surface area contributed by atoms with Gasteiger partial charge in [-0.3, -0.25) is 10.1 Å². The second kappa shape index (κ2) is 7.81. The topological polar surface area (TPSA) is 119 Å². The number of nitrogens with zero attached hydrogens (tertiary/aromatic N) is 2. The van der Waals surface area contributed by atoms with Crippen LogP contribution in [0.3, 0.4) is 0 Å². The minimum absolute atomic E-state index is 0.308. The van der Waals surface area contributed by atoms with Crippen molar-refractivity contribution in [3.8, 4) is 0 Å². The van der Waals surface area contributed by atoms with Crippen LogP contribution in [0.4, 0.5) is 10.5 Å². The zero-order valence-electron chi connectivity index (χ0n) is 15.9. The number of hydrogen-bond acceptors (Lipinski definition) is 6. The third-order valence-corrected chi connectivity index (χ3v) is 5.84. The molecule has 0 saturated carbocycles. The van der Waals surface area contributed by atoms with Crippen molar-refractivity contribution < 1.29 is 22.9 Å². The Morgan fingerprint density at radius 3 is 2.41 bits per heavy atom. The number of aryl methyl sites for hydroxylation is 1. The van der Waals surface area contributed by atoms with E-state index in [2.05, 4.69) is 4.72 Å². The van der Waals surface area contributed by atoms with Crippen LogP contribution in [0.2, 0.25) is 0 Å². The zero-order valence-corrected chi connectivity index (χ0v) is 16.7. The Kier molecular flexibility index (Phi) is 6.10. The molecule has 1 aromatic carbocycles. The predicted octanol–water partition coefficient (Wildman–Crippen LogP) is 2.58. The van der Waals surface area contributed by atoms with Gasteiger partial charge in [-0.15, -0.1) is 0 Å². The first-order valence-corrected chi connectivity index (χ1v) is 10.1. The Balaban J connectivity index is 2.07. The molecule has 0 unspecified atom stereocenters. The van der Waals surface area contributed by atoms with Gasteiger partial charge >= 0.3 is 6.09 Å². The van der Waals surface area contributed by atoms with Gasteiger partial charge in [0, 0.05) is 25.2 Å². The van der Waals surface area contributed by atoms with Crippen molar-refractivity contribution in [1.29, 1.82) is 0 Å². The molecule has 0 aromatic heterocycles. The van der Waals surface area contributed by atoms with Gasteiger partial charge in [0.25, 0.3) is 5.69 Å². The molecule has 0 bridgehead atoms. The minimum Gasteiger partial charge on any atom is -0.444 e. The smallest absolute Gasteiger partial charge is 0.410 e. The summed E-state index contributed by atoms with van der Waals surface area (Å²) >= 11 is 0. The Morgan fingerprint density at radius 2 is 1.89 bits per heavy atom. The monoisotopic (exact) mass is 399 g/mol. The lowest BCUT2D eigenvalue weighted by Crippen LogP contribution is -2.47. The maximum Gasteiger partial charge on any atom is 0.410 e. The summed E-state index contributed by atoms with van der Waals surface area (Å²) in [5.41, 5.74) is -0.740. The Bertz CT molecular complexity index is 824. The number of piperidine rings is 1. The third kappa shape index (κ3) is 5.39. The molecule has 0 atom stereocenters. The van der Waals surface area contributed by atoms with Crippen LogP contribution in [0.1, 0.15) is 39.2 Å². The van der Waals surface area contributed by atoms with E-state index in [0.717, 1.165) is 0 Å². The lowest BCUT2D eigenvalue weighted by molar-refractivity contribution is -0.387. The normalized spacial score (nSPS) is 16.2. The van der Waals surface area contributed by atoms with Crippen LogP contribution in [-0.2, 0) is 14.8 Å². The number of ether oxygens (including phenoxy) is 1. The third-order valence-electron chi connectivity index (χ3n) is 4.13. The number of amides is 1. The second-order valence-corrected chi connectivity index (χ2v) is 9.19. The average Bonchev–Trinajstić information content (AvgIpc) is 2.52. The van der Waals surface area contributed by atoms with Crippen LogP contribution >= 0.6 is 0 Å². The lowest BCUT2D eigenvalue weighted by atomic mass is 10.1. The summed E-state index contributed by atoms with van der Waals surface area (Å²) in [6.07, 6.45) is 0.370. The second-order valence-electron chi connectivity index (χ2n) is 7.54. The number of rotatable bonds is 4. The number of benzene rings is 1. The fourth-order valence-electron chi connectivity index (χ4n) is 2.92. The summed E-state index contributed by atoms with van der Waals surface area (Å²) in [6.45, 7) is 7.55. The Hall–Kier alpha value is -2.20. The van der Waals surface area contributed by atoms with Gasteiger partial charge in [-0.1, -0.05) is 12.1 Å². The van der Waals surface area contributed by atoms with E-state index in [0.29, 0.717) is 31.5 Å². The van der Waals surface area contributed by atoms with E-state index in [9.17, 15) is 23.3 Å². The summed E-state index contributed by atoms with van der Waals surface area (Å²) in [5.74, 6) is 0. The van der Waals surface area contributed by atoms with E-state index in [1.54, 1.807) is 20.8 Å². The van der Waals surface area contributed by atoms with Gasteiger partial charge in [0.2, 0.25) is 10.0 Å². The Labute approximate surface area is 158 Å². The molecule has 1 fully saturated rings. The van der Waals surface area contributed by atoms with Crippen molar-refractivity contribution in [3.63, 3.8) is 0 Å². The van der Waals surface area contributed by atoms with Crippen LogP contribution < -0.4 is 4.72 Å². The van der Waals surface area contributed by atoms with Crippen molar-refractivity contribution >= 4 is 21.8 Å². The van der Waals surface area contributed by atoms with Crippen molar-refractivity contribution in [2.75, 3.05) is 13.1 Å². The number of nitrogens with one attached hydrogen (secondary N) is 1. The molecule has 0 aliphatic carbocycles. The van der Waals surface area contributed by atoms with Gasteiger partial charge in [-0.2, -0.15) is 0 Å². The summed E-state index contributed by atoms with van der Waals surface area (Å²) in [6, 6.07) is 3.73. The molecule has 27 heavy (non-hydrogen) atoms. The number of sulfonamides is 1. The summed E-state index contributed by atoms with van der Waals surface area (Å²) < 4.78 is 33.3. The molecule has 1 heterocycles. The van der Waals surface area contributed by atoms with Gasteiger partial charge in [-0.25, -0.2) is 17.9 Å². The average molecular weight is 399 g/mol. The van der Waals surface area contributed by atoms with Gasteiger partial charge in [-0.05, 0) is 46.1 Å². The molecule has 10 heteroatoms. The van der Waals surface area contributed by atoms with Gasteiger partial charge < -0.3 is 9.64 Å². The first-order chi connectivity index (χ1) is 12.4. The van der Waals surface area contributed by atoms with Gasteiger partial charge in [0.15, 0.2) is 4.90 Å². The molecule has 0 radical (unpaired) electrons. The number of carbonyl (C=O) groups excluding carboxylic acids is 1. The van der Waals surface area contributed by atoms with Crippen molar-refractivity contribution in [2.45, 2.75) is 57.1 Å². The maximum atomic E-state index is 12.7. The molecule has 1 N–H and O–H groups in total. The van der Waals surface area contributed by atoms with E-state index < -0.39 is 38.4 Å². The first kappa shape index (κ1) is 21.1. The molecule has 2 rings (SSSR count). The Morgan fingerprint density at radius 1 is 1.30 bits per heavy atom. The fourth-order valence-corrected chi connectivity index (χ4v) is 4.62. The maximum absolute atomic E-state index is 12.7. The van der Waals surface area contributed by atoms with Crippen molar-refractivity contribution in [3.05, 3.63) is 33.9 Å². The van der Waals surface area contributed by atoms with E-state index in [-0.39, 0.29) is 4.90 Å². The van der Waals surface area contributed by atoms with Crippen LogP contribution in [0.15, 0.2) is 23.1 Å². The molecular formula is C17H25N3O6S. The first-order valence-electron chi connectivity index (χ1n) is 8.65. The minimum atomic E-state index is -4.06. The quantitative estimate of drug-likeness (QED) is 0.614. The highest BCUT2D eigenvalue weighted by Crippen LogP contribution is 2.27. The van der Waals surface area contributed by atoms with Crippen LogP contribution in [0.25, 0.3) is 0 Å². The molecule has 1 aromatic rings. The van der Waals surface area contributed by atoms with Gasteiger partial charge in [0.1, 0.15) is 5.60 Å². The summed E-state index contributed by atoms with van der Waals surface area (Å²) in [5, 5.41) is 11.2. The summed E-state index contributed by atoms with van der Waals surface area (Å²) in [7, 11) is -4.06. The van der Waals surface area contributed by atoms with Crippen LogP contribution in [0, 0.1) is 17.0 Å². The lowest BCUT2D eigenvalue weighted by Gasteiger charge is -2.33.